The average molecular weight is 713 g/mol. The largest absolute Gasteiger partial charge is 0.271 e. The maximum absolute atomic E-state index is 14.0. The molecule has 2 aliphatic rings. The molecule has 2 aromatic heterocycles. The molecular formula is C42H28N6O2S2. The lowest BCUT2D eigenvalue weighted by Crippen LogP contribution is -2.40. The fraction of sp³-hybridized carbons (Fsp3) is 0.0476. The van der Waals surface area contributed by atoms with Crippen molar-refractivity contribution in [3.05, 3.63) is 218 Å². The summed E-state index contributed by atoms with van der Waals surface area (Å²) in [6, 6.07) is 46.6. The third-order valence-electron chi connectivity index (χ3n) is 9.10. The normalized spacial score (nSPS) is 17.0. The van der Waals surface area contributed by atoms with Gasteiger partial charge in [-0.05, 0) is 34.4 Å². The first kappa shape index (κ1) is 31.6. The van der Waals surface area contributed by atoms with Gasteiger partial charge in [-0.2, -0.15) is 0 Å². The standard InChI is InChI=1S/C42H28N6O2S2/c49-39-33(51-41-45-43-35(29-13-5-1-6-14-29)37(47(39)41)31-17-9-3-10-18-31)25-27-21-23-28(24-22-27)26-34-40(50)48-38(32-19-11-4-12-20-32)36(44-46-42(48)52-34)30-15-7-2-8-16-30/h1-26,37-38H/b33-25-,34-26+/t37-,38+/m1/s1. The Balaban J connectivity index is 1.07. The van der Waals surface area contributed by atoms with Gasteiger partial charge in [0.1, 0.15) is 12.1 Å². The fourth-order valence-electron chi connectivity index (χ4n) is 6.64. The maximum atomic E-state index is 14.0. The Hall–Kier alpha value is -6.36. The van der Waals surface area contributed by atoms with Crippen LogP contribution in [0.4, 0.5) is 0 Å². The average Bonchev–Trinajstić information content (AvgIpc) is 3.70. The molecular weight excluding hydrogens is 685 g/mol. The first-order chi connectivity index (χ1) is 25.6. The molecule has 5 aromatic carbocycles. The number of benzene rings is 5. The molecule has 7 aromatic rings. The molecule has 0 saturated carbocycles. The van der Waals surface area contributed by atoms with E-state index < -0.39 is 12.1 Å². The van der Waals surface area contributed by atoms with Crippen molar-refractivity contribution < 1.29 is 0 Å². The molecule has 0 fully saturated rings. The smallest absolute Gasteiger partial charge is 0.268 e. The van der Waals surface area contributed by atoms with E-state index in [2.05, 4.69) is 20.4 Å². The van der Waals surface area contributed by atoms with Gasteiger partial charge in [0.05, 0.1) is 20.5 Å². The van der Waals surface area contributed by atoms with Gasteiger partial charge < -0.3 is 0 Å². The number of hydrogen-bond donors (Lipinski definition) is 0. The zero-order valence-electron chi connectivity index (χ0n) is 27.5. The van der Waals surface area contributed by atoms with Crippen LogP contribution in [0.1, 0.15) is 45.5 Å². The van der Waals surface area contributed by atoms with E-state index in [9.17, 15) is 9.59 Å². The molecule has 0 aliphatic carbocycles. The molecule has 9 rings (SSSR count). The lowest BCUT2D eigenvalue weighted by atomic mass is 9.96. The summed E-state index contributed by atoms with van der Waals surface area (Å²) in [7, 11) is 0. The molecule has 10 heteroatoms. The van der Waals surface area contributed by atoms with Crippen LogP contribution in [0.5, 0.6) is 0 Å². The second-order valence-electron chi connectivity index (χ2n) is 12.3. The van der Waals surface area contributed by atoms with Crippen molar-refractivity contribution in [1.82, 2.24) is 9.13 Å². The Bertz CT molecular complexity index is 2680. The van der Waals surface area contributed by atoms with Gasteiger partial charge in [-0.25, -0.2) is 0 Å². The van der Waals surface area contributed by atoms with E-state index in [0.29, 0.717) is 18.7 Å². The van der Waals surface area contributed by atoms with Crippen LogP contribution in [0.25, 0.3) is 12.2 Å². The van der Waals surface area contributed by atoms with E-state index >= 15 is 0 Å². The van der Waals surface area contributed by atoms with Crippen molar-refractivity contribution >= 4 is 46.2 Å². The van der Waals surface area contributed by atoms with Gasteiger partial charge in [0, 0.05) is 11.1 Å². The number of rotatable bonds is 6. The monoisotopic (exact) mass is 712 g/mol. The molecule has 52 heavy (non-hydrogen) atoms. The van der Waals surface area contributed by atoms with Crippen LogP contribution in [0.3, 0.4) is 0 Å². The van der Waals surface area contributed by atoms with Gasteiger partial charge >= 0.3 is 0 Å². The van der Waals surface area contributed by atoms with Gasteiger partial charge in [0.15, 0.2) is 0 Å². The highest BCUT2D eigenvalue weighted by Gasteiger charge is 2.29. The summed E-state index contributed by atoms with van der Waals surface area (Å²) in [5.41, 5.74) is 6.68. The summed E-state index contributed by atoms with van der Waals surface area (Å²) in [6.45, 7) is 0. The van der Waals surface area contributed by atoms with Crippen molar-refractivity contribution in [2.45, 2.75) is 12.1 Å². The SMILES string of the molecule is O=c1/c(=C\c2ccc(/C=c3\sc4n(c3=O)[C@H](c3ccccc3)C(c3ccccc3)=NN=4)cc2)sc2n1[C@@H](c1ccccc1)C(c1ccccc1)=NN=2. The number of aromatic nitrogens is 2. The number of thiazole rings is 2. The molecule has 2 atom stereocenters. The molecule has 0 bridgehead atoms. The predicted octanol–water partition coefficient (Wildman–Crippen LogP) is 5.04. The summed E-state index contributed by atoms with van der Waals surface area (Å²) in [5.74, 6) is 0. The molecule has 2 aliphatic heterocycles. The maximum Gasteiger partial charge on any atom is 0.271 e. The topological polar surface area (TPSA) is 93.4 Å². The highest BCUT2D eigenvalue weighted by atomic mass is 32.1. The van der Waals surface area contributed by atoms with E-state index in [1.807, 2.05) is 158 Å². The lowest BCUT2D eigenvalue weighted by Gasteiger charge is -2.22. The number of nitrogens with zero attached hydrogens (tertiary/aromatic N) is 6. The van der Waals surface area contributed by atoms with Gasteiger partial charge in [0.2, 0.25) is 9.60 Å². The van der Waals surface area contributed by atoms with Crippen LogP contribution in [0.15, 0.2) is 176 Å². The zero-order chi connectivity index (χ0) is 35.0. The minimum absolute atomic E-state index is 0.123. The number of hydrogen-bond acceptors (Lipinski definition) is 8. The second kappa shape index (κ2) is 13.4. The van der Waals surface area contributed by atoms with Crippen molar-refractivity contribution in [3.63, 3.8) is 0 Å². The van der Waals surface area contributed by atoms with Gasteiger partial charge in [-0.15, -0.1) is 20.4 Å². The third kappa shape index (κ3) is 5.73. The fourth-order valence-corrected chi connectivity index (χ4v) is 8.53. The van der Waals surface area contributed by atoms with Gasteiger partial charge in [-0.1, -0.05) is 168 Å². The molecule has 0 radical (unpaired) electrons. The molecule has 250 valence electrons. The minimum Gasteiger partial charge on any atom is -0.268 e. The molecule has 0 N–H and O–H groups in total. The molecule has 0 unspecified atom stereocenters. The molecule has 0 spiro atoms. The van der Waals surface area contributed by atoms with Crippen molar-refractivity contribution in [3.8, 4) is 0 Å². The van der Waals surface area contributed by atoms with Crippen LogP contribution in [-0.2, 0) is 0 Å². The quantitative estimate of drug-likeness (QED) is 0.242. The summed E-state index contributed by atoms with van der Waals surface area (Å²) in [6.07, 6.45) is 3.76. The van der Waals surface area contributed by atoms with Crippen LogP contribution in [0.2, 0.25) is 0 Å². The van der Waals surface area contributed by atoms with E-state index in [-0.39, 0.29) is 11.1 Å². The molecule has 8 nitrogen and oxygen atoms in total. The van der Waals surface area contributed by atoms with Crippen molar-refractivity contribution in [2.75, 3.05) is 0 Å². The van der Waals surface area contributed by atoms with Crippen molar-refractivity contribution in [1.29, 1.82) is 0 Å². The van der Waals surface area contributed by atoms with Gasteiger partial charge in [0.25, 0.3) is 11.1 Å². The van der Waals surface area contributed by atoms with Gasteiger partial charge in [-0.3, -0.25) is 18.7 Å². The van der Waals surface area contributed by atoms with Crippen LogP contribution >= 0.6 is 22.7 Å². The lowest BCUT2D eigenvalue weighted by molar-refractivity contribution is 0.657. The Labute approximate surface area is 305 Å². The second-order valence-corrected chi connectivity index (χ2v) is 14.4. The summed E-state index contributed by atoms with van der Waals surface area (Å²) < 4.78 is 4.62. The molecule has 4 heterocycles. The predicted molar refractivity (Wildman–Crippen MR) is 207 cm³/mol. The third-order valence-corrected chi connectivity index (χ3v) is 11.0. The Kier molecular flexibility index (Phi) is 8.15. The highest BCUT2D eigenvalue weighted by Crippen LogP contribution is 2.25. The zero-order valence-corrected chi connectivity index (χ0v) is 29.1. The minimum atomic E-state index is -0.405. The Morgan fingerprint density at radius 1 is 0.442 bits per heavy atom. The summed E-state index contributed by atoms with van der Waals surface area (Å²) >= 11 is 2.65. The van der Waals surface area contributed by atoms with Crippen LogP contribution in [0, 0.1) is 0 Å². The first-order valence-electron chi connectivity index (χ1n) is 16.7. The summed E-state index contributed by atoms with van der Waals surface area (Å²) in [4.78, 5) is 29.2. The Morgan fingerprint density at radius 2 is 0.788 bits per heavy atom. The number of fused-ring (bicyclic) bond motifs is 2. The van der Waals surface area contributed by atoms with E-state index in [1.54, 1.807) is 9.13 Å². The van der Waals surface area contributed by atoms with Crippen LogP contribution in [-0.4, -0.2) is 20.6 Å². The Morgan fingerprint density at radius 3 is 1.15 bits per heavy atom. The first-order valence-corrected chi connectivity index (χ1v) is 18.3. The summed E-state index contributed by atoms with van der Waals surface area (Å²) in [5, 5.41) is 18.2. The molecule has 0 saturated heterocycles. The van der Waals surface area contributed by atoms with E-state index in [0.717, 1.165) is 44.8 Å². The van der Waals surface area contributed by atoms with E-state index in [1.165, 1.54) is 22.7 Å². The van der Waals surface area contributed by atoms with Crippen LogP contribution < -0.4 is 29.8 Å². The molecule has 0 amide bonds. The highest BCUT2D eigenvalue weighted by molar-refractivity contribution is 7.07. The van der Waals surface area contributed by atoms with E-state index in [4.69, 9.17) is 0 Å². The van der Waals surface area contributed by atoms with Crippen molar-refractivity contribution in [2.24, 2.45) is 20.4 Å².